The summed E-state index contributed by atoms with van der Waals surface area (Å²) in [6, 6.07) is 0. The Balaban J connectivity index is 3.62. The van der Waals surface area contributed by atoms with Crippen molar-refractivity contribution in [3.05, 3.63) is 12.2 Å². The normalized spacial score (nSPS) is 11.8. The molecule has 0 spiro atoms. The van der Waals surface area contributed by atoms with Crippen molar-refractivity contribution in [2.75, 3.05) is 6.54 Å². The molecule has 0 fully saturated rings. The SMILES string of the molecule is C=C(C)C(=O)NCCC(C)C(=O)O. The molecule has 0 aliphatic heterocycles. The lowest BCUT2D eigenvalue weighted by molar-refractivity contribution is -0.141. The Morgan fingerprint density at radius 3 is 2.46 bits per heavy atom. The van der Waals surface area contributed by atoms with Gasteiger partial charge in [-0.3, -0.25) is 9.59 Å². The van der Waals surface area contributed by atoms with E-state index in [-0.39, 0.29) is 5.91 Å². The van der Waals surface area contributed by atoms with E-state index in [0.717, 1.165) is 0 Å². The minimum atomic E-state index is -0.843. The van der Waals surface area contributed by atoms with E-state index in [4.69, 9.17) is 5.11 Å². The summed E-state index contributed by atoms with van der Waals surface area (Å²) in [6.45, 7) is 7.05. The highest BCUT2D eigenvalue weighted by atomic mass is 16.4. The highest BCUT2D eigenvalue weighted by molar-refractivity contribution is 5.92. The van der Waals surface area contributed by atoms with Gasteiger partial charge in [0.1, 0.15) is 0 Å². The van der Waals surface area contributed by atoms with Gasteiger partial charge in [-0.15, -0.1) is 0 Å². The summed E-state index contributed by atoms with van der Waals surface area (Å²) in [6.07, 6.45) is 0.439. The Hall–Kier alpha value is -1.32. The van der Waals surface area contributed by atoms with Crippen LogP contribution in [-0.4, -0.2) is 23.5 Å². The second-order valence-electron chi connectivity index (χ2n) is 3.06. The van der Waals surface area contributed by atoms with Gasteiger partial charge in [0, 0.05) is 12.1 Å². The number of carbonyl (C=O) groups is 2. The zero-order valence-electron chi connectivity index (χ0n) is 7.96. The lowest BCUT2D eigenvalue weighted by Crippen LogP contribution is -2.27. The molecule has 0 aromatic carbocycles. The second-order valence-corrected chi connectivity index (χ2v) is 3.06. The zero-order chi connectivity index (χ0) is 10.4. The fourth-order valence-electron chi connectivity index (χ4n) is 0.677. The van der Waals surface area contributed by atoms with E-state index in [1.54, 1.807) is 13.8 Å². The van der Waals surface area contributed by atoms with E-state index < -0.39 is 11.9 Å². The lowest BCUT2D eigenvalue weighted by Gasteiger charge is -2.07. The average Bonchev–Trinajstić information content (AvgIpc) is 2.03. The van der Waals surface area contributed by atoms with Crippen molar-refractivity contribution in [1.29, 1.82) is 0 Å². The summed E-state index contributed by atoms with van der Waals surface area (Å²) in [5.74, 6) is -1.49. The molecular weight excluding hydrogens is 170 g/mol. The molecule has 0 saturated heterocycles. The molecule has 0 rings (SSSR count). The van der Waals surface area contributed by atoms with Gasteiger partial charge in [0.2, 0.25) is 5.91 Å². The summed E-state index contributed by atoms with van der Waals surface area (Å²) < 4.78 is 0. The monoisotopic (exact) mass is 185 g/mol. The lowest BCUT2D eigenvalue weighted by atomic mass is 10.1. The fraction of sp³-hybridized carbons (Fsp3) is 0.556. The number of carboxylic acids is 1. The van der Waals surface area contributed by atoms with Crippen LogP contribution in [0, 0.1) is 5.92 Å². The van der Waals surface area contributed by atoms with Crippen LogP contribution < -0.4 is 5.32 Å². The van der Waals surface area contributed by atoms with Crippen LogP contribution in [0.2, 0.25) is 0 Å². The molecule has 0 bridgehead atoms. The molecule has 1 unspecified atom stereocenters. The van der Waals surface area contributed by atoms with Gasteiger partial charge in [0.25, 0.3) is 0 Å². The maximum atomic E-state index is 10.9. The summed E-state index contributed by atoms with van der Waals surface area (Å²) in [7, 11) is 0. The minimum Gasteiger partial charge on any atom is -0.481 e. The van der Waals surface area contributed by atoms with E-state index >= 15 is 0 Å². The maximum Gasteiger partial charge on any atom is 0.306 e. The van der Waals surface area contributed by atoms with Crippen molar-refractivity contribution in [1.82, 2.24) is 5.32 Å². The minimum absolute atomic E-state index is 0.224. The predicted molar refractivity (Wildman–Crippen MR) is 49.2 cm³/mol. The van der Waals surface area contributed by atoms with Gasteiger partial charge in [-0.05, 0) is 13.3 Å². The standard InChI is InChI=1S/C9H15NO3/c1-6(2)8(11)10-5-4-7(3)9(12)13/h7H,1,4-5H2,2-3H3,(H,10,11)(H,12,13). The van der Waals surface area contributed by atoms with Crippen molar-refractivity contribution in [3.8, 4) is 0 Å². The first kappa shape index (κ1) is 11.7. The highest BCUT2D eigenvalue weighted by Crippen LogP contribution is 1.99. The third-order valence-corrected chi connectivity index (χ3v) is 1.67. The van der Waals surface area contributed by atoms with Gasteiger partial charge in [-0.2, -0.15) is 0 Å². The Kier molecular flexibility index (Phi) is 4.80. The van der Waals surface area contributed by atoms with E-state index in [1.807, 2.05) is 0 Å². The molecule has 0 aliphatic carbocycles. The third-order valence-electron chi connectivity index (χ3n) is 1.67. The van der Waals surface area contributed by atoms with Gasteiger partial charge in [0.15, 0.2) is 0 Å². The number of amides is 1. The molecule has 4 heteroatoms. The number of hydrogen-bond donors (Lipinski definition) is 2. The molecule has 0 aliphatic rings. The molecule has 0 saturated carbocycles. The molecule has 0 radical (unpaired) electrons. The van der Waals surface area contributed by atoms with Crippen LogP contribution in [-0.2, 0) is 9.59 Å². The molecule has 2 N–H and O–H groups in total. The largest absolute Gasteiger partial charge is 0.481 e. The van der Waals surface area contributed by atoms with Gasteiger partial charge < -0.3 is 10.4 Å². The average molecular weight is 185 g/mol. The number of hydrogen-bond acceptors (Lipinski definition) is 2. The third kappa shape index (κ3) is 5.00. The predicted octanol–water partition coefficient (Wildman–Crippen LogP) is 0.790. The van der Waals surface area contributed by atoms with Crippen LogP contribution in [0.25, 0.3) is 0 Å². The Bertz CT molecular complexity index is 223. The smallest absolute Gasteiger partial charge is 0.306 e. The van der Waals surface area contributed by atoms with Gasteiger partial charge in [0.05, 0.1) is 5.92 Å². The van der Waals surface area contributed by atoms with Gasteiger partial charge in [-0.1, -0.05) is 13.5 Å². The summed E-state index contributed by atoms with van der Waals surface area (Å²) in [4.78, 5) is 21.3. The molecule has 0 aromatic rings. The molecule has 1 amide bonds. The number of carbonyl (C=O) groups excluding carboxylic acids is 1. The van der Waals surface area contributed by atoms with Crippen molar-refractivity contribution >= 4 is 11.9 Å². The summed E-state index contributed by atoms with van der Waals surface area (Å²) in [5.41, 5.74) is 0.433. The van der Waals surface area contributed by atoms with Crippen molar-refractivity contribution in [3.63, 3.8) is 0 Å². The van der Waals surface area contributed by atoms with Crippen molar-refractivity contribution < 1.29 is 14.7 Å². The van der Waals surface area contributed by atoms with Crippen LogP contribution in [0.1, 0.15) is 20.3 Å². The highest BCUT2D eigenvalue weighted by Gasteiger charge is 2.10. The second kappa shape index (κ2) is 5.35. The number of nitrogens with one attached hydrogen (secondary N) is 1. The van der Waals surface area contributed by atoms with E-state index in [1.165, 1.54) is 0 Å². The van der Waals surface area contributed by atoms with Crippen molar-refractivity contribution in [2.45, 2.75) is 20.3 Å². The number of aliphatic carboxylic acids is 1. The fourth-order valence-corrected chi connectivity index (χ4v) is 0.677. The summed E-state index contributed by atoms with van der Waals surface area (Å²) in [5, 5.41) is 11.1. The Morgan fingerprint density at radius 1 is 1.54 bits per heavy atom. The van der Waals surface area contributed by atoms with Crippen molar-refractivity contribution in [2.24, 2.45) is 5.92 Å². The van der Waals surface area contributed by atoms with Crippen LogP contribution in [0.4, 0.5) is 0 Å². The molecular formula is C9H15NO3. The molecule has 4 nitrogen and oxygen atoms in total. The quantitative estimate of drug-likeness (QED) is 0.622. The Labute approximate surface area is 77.6 Å². The van der Waals surface area contributed by atoms with Crippen LogP contribution in [0.5, 0.6) is 0 Å². The first-order chi connectivity index (χ1) is 5.95. The topological polar surface area (TPSA) is 66.4 Å². The van der Waals surface area contributed by atoms with E-state index in [0.29, 0.717) is 18.5 Å². The van der Waals surface area contributed by atoms with E-state index in [9.17, 15) is 9.59 Å². The zero-order valence-corrected chi connectivity index (χ0v) is 7.96. The van der Waals surface area contributed by atoms with Crippen LogP contribution >= 0.6 is 0 Å². The molecule has 0 aromatic heterocycles. The number of carboxylic acid groups (broad SMARTS) is 1. The van der Waals surface area contributed by atoms with Crippen LogP contribution in [0.3, 0.4) is 0 Å². The van der Waals surface area contributed by atoms with Gasteiger partial charge >= 0.3 is 5.97 Å². The molecule has 13 heavy (non-hydrogen) atoms. The first-order valence-corrected chi connectivity index (χ1v) is 4.11. The molecule has 74 valence electrons. The summed E-state index contributed by atoms with van der Waals surface area (Å²) >= 11 is 0. The van der Waals surface area contributed by atoms with Crippen LogP contribution in [0.15, 0.2) is 12.2 Å². The number of rotatable bonds is 5. The van der Waals surface area contributed by atoms with E-state index in [2.05, 4.69) is 11.9 Å². The maximum absolute atomic E-state index is 10.9. The molecule has 1 atom stereocenters. The molecule has 0 heterocycles. The first-order valence-electron chi connectivity index (χ1n) is 4.11. The van der Waals surface area contributed by atoms with Gasteiger partial charge in [-0.25, -0.2) is 0 Å². The Morgan fingerprint density at radius 2 is 2.08 bits per heavy atom.